The molecule has 1 aromatic heterocycles. The molecule has 1 atom stereocenters. The van der Waals surface area contributed by atoms with Crippen LogP contribution in [0.5, 0.6) is 0 Å². The van der Waals surface area contributed by atoms with Gasteiger partial charge in [-0.1, -0.05) is 6.07 Å². The maximum atomic E-state index is 8.50. The van der Waals surface area contributed by atoms with Crippen LogP contribution < -0.4 is 5.32 Å². The number of hydrogen-bond acceptors (Lipinski definition) is 3. The minimum Gasteiger partial charge on any atom is -0.311 e. The Hall–Kier alpha value is -0.850. The van der Waals surface area contributed by atoms with Crippen molar-refractivity contribution in [2.45, 2.75) is 13.5 Å². The molecule has 0 aliphatic rings. The molecule has 2 nitrogen and oxygen atoms in total. The van der Waals surface area contributed by atoms with E-state index in [-0.39, 0.29) is 5.92 Å². The largest absolute Gasteiger partial charge is 0.311 e. The molecular formula is C9H12N2S. The highest BCUT2D eigenvalue weighted by Crippen LogP contribution is 2.07. The Balaban J connectivity index is 2.16. The normalized spacial score (nSPS) is 12.3. The lowest BCUT2D eigenvalue weighted by Crippen LogP contribution is -2.19. The van der Waals surface area contributed by atoms with Crippen LogP contribution in [0.15, 0.2) is 17.5 Å². The molecule has 1 heterocycles. The van der Waals surface area contributed by atoms with Crippen molar-refractivity contribution < 1.29 is 0 Å². The first-order valence-electron chi connectivity index (χ1n) is 3.95. The molecule has 0 radical (unpaired) electrons. The quantitative estimate of drug-likeness (QED) is 0.769. The molecular weight excluding hydrogens is 168 g/mol. The molecule has 1 aromatic rings. The van der Waals surface area contributed by atoms with Gasteiger partial charge in [-0.15, -0.1) is 11.3 Å². The van der Waals surface area contributed by atoms with Crippen molar-refractivity contribution in [3.63, 3.8) is 0 Å². The topological polar surface area (TPSA) is 35.8 Å². The van der Waals surface area contributed by atoms with Crippen molar-refractivity contribution in [3.05, 3.63) is 22.4 Å². The fourth-order valence-electron chi connectivity index (χ4n) is 0.871. The first-order valence-corrected chi connectivity index (χ1v) is 4.83. The molecule has 0 fully saturated rings. The highest BCUT2D eigenvalue weighted by molar-refractivity contribution is 7.09. The molecule has 0 amide bonds. The zero-order valence-electron chi connectivity index (χ0n) is 7.08. The molecule has 1 N–H and O–H groups in total. The van der Waals surface area contributed by atoms with Crippen molar-refractivity contribution in [2.75, 3.05) is 6.54 Å². The van der Waals surface area contributed by atoms with Crippen LogP contribution in [0.25, 0.3) is 0 Å². The van der Waals surface area contributed by atoms with Crippen LogP contribution in [0.2, 0.25) is 0 Å². The second kappa shape index (κ2) is 4.91. The molecule has 64 valence electrons. The number of nitriles is 1. The molecule has 1 unspecified atom stereocenters. The first kappa shape index (κ1) is 9.24. The third-order valence-electron chi connectivity index (χ3n) is 1.55. The van der Waals surface area contributed by atoms with Crippen molar-refractivity contribution in [1.82, 2.24) is 5.32 Å². The molecule has 12 heavy (non-hydrogen) atoms. The van der Waals surface area contributed by atoms with E-state index < -0.39 is 0 Å². The van der Waals surface area contributed by atoms with Crippen LogP contribution in [0, 0.1) is 17.2 Å². The summed E-state index contributed by atoms with van der Waals surface area (Å²) in [6.07, 6.45) is 0. The van der Waals surface area contributed by atoms with Gasteiger partial charge >= 0.3 is 0 Å². The summed E-state index contributed by atoms with van der Waals surface area (Å²) in [6.45, 7) is 3.57. The van der Waals surface area contributed by atoms with Crippen LogP contribution in [0.4, 0.5) is 0 Å². The average Bonchev–Trinajstić information content (AvgIpc) is 2.57. The molecule has 0 aliphatic heterocycles. The van der Waals surface area contributed by atoms with Gasteiger partial charge in [0, 0.05) is 18.0 Å². The second-order valence-corrected chi connectivity index (χ2v) is 3.77. The van der Waals surface area contributed by atoms with E-state index in [2.05, 4.69) is 22.8 Å². The molecule has 0 bridgehead atoms. The Morgan fingerprint density at radius 1 is 1.75 bits per heavy atom. The van der Waals surface area contributed by atoms with E-state index in [1.54, 1.807) is 11.3 Å². The smallest absolute Gasteiger partial charge is 0.0666 e. The van der Waals surface area contributed by atoms with Crippen LogP contribution in [0.1, 0.15) is 11.8 Å². The number of rotatable bonds is 4. The summed E-state index contributed by atoms with van der Waals surface area (Å²) in [6, 6.07) is 6.31. The maximum Gasteiger partial charge on any atom is 0.0666 e. The Morgan fingerprint density at radius 3 is 3.17 bits per heavy atom. The van der Waals surface area contributed by atoms with Gasteiger partial charge in [-0.3, -0.25) is 0 Å². The summed E-state index contributed by atoms with van der Waals surface area (Å²) in [5.41, 5.74) is 0. The van der Waals surface area contributed by atoms with Crippen molar-refractivity contribution in [3.8, 4) is 6.07 Å². The fraction of sp³-hybridized carbons (Fsp3) is 0.444. The standard InChI is InChI=1S/C9H12N2S/c1-8(5-10)6-11-7-9-3-2-4-12-9/h2-4,8,11H,6-7H2,1H3. The van der Waals surface area contributed by atoms with Gasteiger partial charge in [-0.25, -0.2) is 0 Å². The number of thiophene rings is 1. The molecule has 0 aliphatic carbocycles. The van der Waals surface area contributed by atoms with E-state index in [9.17, 15) is 0 Å². The van der Waals surface area contributed by atoms with Gasteiger partial charge in [0.1, 0.15) is 0 Å². The predicted molar refractivity (Wildman–Crippen MR) is 50.8 cm³/mol. The lowest BCUT2D eigenvalue weighted by Gasteiger charge is -2.02. The summed E-state index contributed by atoms with van der Waals surface area (Å²) < 4.78 is 0. The summed E-state index contributed by atoms with van der Waals surface area (Å²) in [4.78, 5) is 1.32. The Morgan fingerprint density at radius 2 is 2.58 bits per heavy atom. The van der Waals surface area contributed by atoms with Crippen LogP contribution in [0.3, 0.4) is 0 Å². The third kappa shape index (κ3) is 3.04. The van der Waals surface area contributed by atoms with Crippen molar-refractivity contribution >= 4 is 11.3 Å². The molecule has 0 spiro atoms. The lowest BCUT2D eigenvalue weighted by atomic mass is 10.2. The monoisotopic (exact) mass is 180 g/mol. The summed E-state index contributed by atoms with van der Waals surface area (Å²) in [5, 5.41) is 13.8. The van der Waals surface area contributed by atoms with E-state index in [1.165, 1.54) is 4.88 Å². The highest BCUT2D eigenvalue weighted by atomic mass is 32.1. The number of nitrogens with zero attached hydrogens (tertiary/aromatic N) is 1. The number of hydrogen-bond donors (Lipinski definition) is 1. The van der Waals surface area contributed by atoms with Gasteiger partial charge in [-0.05, 0) is 18.4 Å². The molecule has 0 saturated heterocycles. The molecule has 0 aromatic carbocycles. The highest BCUT2D eigenvalue weighted by Gasteiger charge is 1.98. The SMILES string of the molecule is CC(C#N)CNCc1cccs1. The summed E-state index contributed by atoms with van der Waals surface area (Å²) >= 11 is 1.74. The van der Waals surface area contributed by atoms with E-state index in [1.807, 2.05) is 13.0 Å². The van der Waals surface area contributed by atoms with Crippen molar-refractivity contribution in [1.29, 1.82) is 5.26 Å². The minimum absolute atomic E-state index is 0.102. The molecule has 0 saturated carbocycles. The predicted octanol–water partition coefficient (Wildman–Crippen LogP) is 2.00. The van der Waals surface area contributed by atoms with Crippen LogP contribution in [-0.2, 0) is 6.54 Å². The molecule has 3 heteroatoms. The van der Waals surface area contributed by atoms with Gasteiger partial charge < -0.3 is 5.32 Å². The van der Waals surface area contributed by atoms with Crippen LogP contribution >= 0.6 is 11.3 Å². The van der Waals surface area contributed by atoms with E-state index >= 15 is 0 Å². The minimum atomic E-state index is 0.102. The van der Waals surface area contributed by atoms with Gasteiger partial charge in [0.15, 0.2) is 0 Å². The van der Waals surface area contributed by atoms with Crippen molar-refractivity contribution in [2.24, 2.45) is 5.92 Å². The summed E-state index contributed by atoms with van der Waals surface area (Å²) in [5.74, 6) is 0.102. The van der Waals surface area contributed by atoms with Crippen LogP contribution in [-0.4, -0.2) is 6.54 Å². The lowest BCUT2D eigenvalue weighted by molar-refractivity contribution is 0.605. The Bertz CT molecular complexity index is 248. The van der Waals surface area contributed by atoms with Gasteiger partial charge in [0.2, 0.25) is 0 Å². The summed E-state index contributed by atoms with van der Waals surface area (Å²) in [7, 11) is 0. The third-order valence-corrected chi connectivity index (χ3v) is 2.43. The Kier molecular flexibility index (Phi) is 3.78. The fourth-order valence-corrected chi connectivity index (χ4v) is 1.55. The number of nitrogens with one attached hydrogen (secondary N) is 1. The Labute approximate surface area is 76.8 Å². The van der Waals surface area contributed by atoms with E-state index in [0.717, 1.165) is 13.1 Å². The zero-order chi connectivity index (χ0) is 8.81. The van der Waals surface area contributed by atoms with Gasteiger partial charge in [-0.2, -0.15) is 5.26 Å². The average molecular weight is 180 g/mol. The van der Waals surface area contributed by atoms with E-state index in [0.29, 0.717) is 0 Å². The second-order valence-electron chi connectivity index (χ2n) is 2.74. The van der Waals surface area contributed by atoms with Gasteiger partial charge in [0.25, 0.3) is 0 Å². The van der Waals surface area contributed by atoms with E-state index in [4.69, 9.17) is 5.26 Å². The first-order chi connectivity index (χ1) is 5.83. The maximum absolute atomic E-state index is 8.50. The molecule has 1 rings (SSSR count). The van der Waals surface area contributed by atoms with Gasteiger partial charge in [0.05, 0.1) is 12.0 Å². The zero-order valence-corrected chi connectivity index (χ0v) is 7.90.